The van der Waals surface area contributed by atoms with Crippen LogP contribution in [0.25, 0.3) is 11.1 Å². The molecule has 7 heteroatoms. The lowest BCUT2D eigenvalue weighted by atomic mass is 9.81. The Balaban J connectivity index is 1.51. The Bertz CT molecular complexity index is 1170. The van der Waals surface area contributed by atoms with Gasteiger partial charge in [0.05, 0.1) is 30.7 Å². The Labute approximate surface area is 180 Å². The number of nitrogens with two attached hydrogens (primary N) is 1. The number of ether oxygens (including phenoxy) is 3. The predicted octanol–water partition coefficient (Wildman–Crippen LogP) is 3.28. The van der Waals surface area contributed by atoms with Crippen LogP contribution in [0.1, 0.15) is 11.1 Å². The molecule has 2 N–H and O–H groups in total. The molecule has 156 valence electrons. The summed E-state index contributed by atoms with van der Waals surface area (Å²) in [7, 11) is 0. The van der Waals surface area contributed by atoms with E-state index in [-0.39, 0.29) is 6.02 Å². The van der Waals surface area contributed by atoms with Crippen molar-refractivity contribution in [1.82, 2.24) is 4.98 Å². The van der Waals surface area contributed by atoms with Crippen molar-refractivity contribution >= 4 is 11.7 Å². The first-order valence-corrected chi connectivity index (χ1v) is 10.4. The summed E-state index contributed by atoms with van der Waals surface area (Å²) in [6.07, 6.45) is 1.85. The van der Waals surface area contributed by atoms with Crippen molar-refractivity contribution in [1.29, 1.82) is 0 Å². The number of rotatable bonds is 2. The molecule has 0 aliphatic carbocycles. The minimum atomic E-state index is -0.785. The van der Waals surface area contributed by atoms with E-state index in [4.69, 9.17) is 24.9 Å². The van der Waals surface area contributed by atoms with Gasteiger partial charge >= 0.3 is 0 Å². The number of pyridine rings is 1. The summed E-state index contributed by atoms with van der Waals surface area (Å²) in [5, 5.41) is 0. The van der Waals surface area contributed by atoms with Crippen LogP contribution in [-0.4, -0.2) is 43.9 Å². The Hall–Kier alpha value is -3.58. The summed E-state index contributed by atoms with van der Waals surface area (Å²) in [5.74, 6) is 1.26. The second kappa shape index (κ2) is 6.99. The summed E-state index contributed by atoms with van der Waals surface area (Å²) in [6, 6.07) is 18.7. The van der Waals surface area contributed by atoms with Crippen molar-refractivity contribution < 1.29 is 14.2 Å². The van der Waals surface area contributed by atoms with Gasteiger partial charge < -0.3 is 24.8 Å². The van der Waals surface area contributed by atoms with Crippen LogP contribution in [0.15, 0.2) is 65.8 Å². The molecule has 3 aliphatic rings. The number of morpholine rings is 1. The molecule has 3 aliphatic heterocycles. The average molecular weight is 414 g/mol. The van der Waals surface area contributed by atoms with Crippen molar-refractivity contribution in [3.05, 3.63) is 71.9 Å². The Kier molecular flexibility index (Phi) is 4.11. The fraction of sp³-hybridized carbons (Fsp3) is 0.250. The topological polar surface area (TPSA) is 82.2 Å². The zero-order valence-electron chi connectivity index (χ0n) is 17.0. The van der Waals surface area contributed by atoms with Crippen molar-refractivity contribution in [2.45, 2.75) is 5.54 Å². The first-order valence-electron chi connectivity index (χ1n) is 10.4. The third kappa shape index (κ3) is 2.92. The molecule has 3 aromatic rings. The number of hydrogen-bond acceptors (Lipinski definition) is 7. The Morgan fingerprint density at radius 1 is 0.935 bits per heavy atom. The number of anilines is 1. The minimum absolute atomic E-state index is 0.181. The highest BCUT2D eigenvalue weighted by atomic mass is 16.5. The zero-order valence-corrected chi connectivity index (χ0v) is 17.0. The number of nitrogens with zero attached hydrogens (tertiary/aromatic N) is 3. The van der Waals surface area contributed by atoms with Crippen LogP contribution in [-0.2, 0) is 15.0 Å². The van der Waals surface area contributed by atoms with Gasteiger partial charge in [-0.25, -0.2) is 9.98 Å². The van der Waals surface area contributed by atoms with E-state index in [1.54, 1.807) is 0 Å². The zero-order chi connectivity index (χ0) is 20.8. The summed E-state index contributed by atoms with van der Waals surface area (Å²) < 4.78 is 17.4. The van der Waals surface area contributed by atoms with Crippen molar-refractivity contribution in [2.75, 3.05) is 37.8 Å². The second-order valence-corrected chi connectivity index (χ2v) is 7.92. The molecular formula is C24H22N4O3. The fourth-order valence-electron chi connectivity index (χ4n) is 4.52. The molecule has 31 heavy (non-hydrogen) atoms. The van der Waals surface area contributed by atoms with Gasteiger partial charge in [0.15, 0.2) is 5.54 Å². The third-order valence-corrected chi connectivity index (χ3v) is 6.13. The maximum atomic E-state index is 6.21. The number of aromatic nitrogens is 1. The summed E-state index contributed by atoms with van der Waals surface area (Å²) in [5.41, 5.74) is 10.3. The van der Waals surface area contributed by atoms with Gasteiger partial charge in [-0.05, 0) is 29.3 Å². The van der Waals surface area contributed by atoms with Gasteiger partial charge in [0.1, 0.15) is 12.4 Å². The quantitative estimate of drug-likeness (QED) is 0.693. The van der Waals surface area contributed by atoms with Gasteiger partial charge in [-0.3, -0.25) is 0 Å². The van der Waals surface area contributed by atoms with Crippen LogP contribution < -0.4 is 15.4 Å². The molecule has 0 unspecified atom stereocenters. The average Bonchev–Trinajstić information content (AvgIpc) is 3.22. The molecule has 1 saturated heterocycles. The van der Waals surface area contributed by atoms with E-state index in [0.717, 1.165) is 46.8 Å². The van der Waals surface area contributed by atoms with Crippen LogP contribution in [0, 0.1) is 0 Å². The molecule has 0 bridgehead atoms. The maximum absolute atomic E-state index is 6.21. The van der Waals surface area contributed by atoms with Crippen LogP contribution >= 0.6 is 0 Å². The number of fused-ring (bicyclic) bond motifs is 4. The predicted molar refractivity (Wildman–Crippen MR) is 118 cm³/mol. The number of hydrogen-bond donors (Lipinski definition) is 1. The minimum Gasteiger partial charge on any atom is -0.462 e. The summed E-state index contributed by atoms with van der Waals surface area (Å²) >= 11 is 0. The van der Waals surface area contributed by atoms with E-state index in [1.165, 1.54) is 0 Å². The highest BCUT2D eigenvalue weighted by Crippen LogP contribution is 2.51. The van der Waals surface area contributed by atoms with Gasteiger partial charge in [-0.15, -0.1) is 0 Å². The Morgan fingerprint density at radius 2 is 1.77 bits per heavy atom. The van der Waals surface area contributed by atoms with E-state index in [1.807, 2.05) is 30.5 Å². The SMILES string of the molecule is NC1=N[C@@]2(CO1)c1cc(-c3ccccc3)ccc1Oc1ncc(N3CCOCC3)cc12. The van der Waals surface area contributed by atoms with E-state index in [0.29, 0.717) is 25.7 Å². The lowest BCUT2D eigenvalue weighted by Gasteiger charge is -2.35. The molecule has 1 spiro atoms. The van der Waals surface area contributed by atoms with Gasteiger partial charge in [-0.1, -0.05) is 36.4 Å². The van der Waals surface area contributed by atoms with E-state index < -0.39 is 5.54 Å². The van der Waals surface area contributed by atoms with Crippen molar-refractivity contribution in [3.8, 4) is 22.8 Å². The maximum Gasteiger partial charge on any atom is 0.283 e. The molecule has 6 rings (SSSR count). The fourth-order valence-corrected chi connectivity index (χ4v) is 4.52. The van der Waals surface area contributed by atoms with Crippen LogP contribution in [0.5, 0.6) is 11.6 Å². The van der Waals surface area contributed by atoms with E-state index in [9.17, 15) is 0 Å². The molecule has 0 saturated carbocycles. The van der Waals surface area contributed by atoms with Gasteiger partial charge in [0, 0.05) is 18.7 Å². The standard InChI is InChI=1S/C24H22N4O3/c25-23-27-24(15-30-23)19-12-17(16-4-2-1-3-5-16)6-7-21(19)31-22-20(24)13-18(14-26-22)28-8-10-29-11-9-28/h1-7,12-14H,8-11,15H2,(H2,25,27)/t24-/m0/s1. The molecule has 2 aromatic carbocycles. The molecule has 7 nitrogen and oxygen atoms in total. The molecule has 4 heterocycles. The van der Waals surface area contributed by atoms with Gasteiger partial charge in [-0.2, -0.15) is 0 Å². The van der Waals surface area contributed by atoms with Crippen LogP contribution in [0.4, 0.5) is 5.69 Å². The Morgan fingerprint density at radius 3 is 2.55 bits per heavy atom. The first kappa shape index (κ1) is 18.2. The molecule has 1 fully saturated rings. The van der Waals surface area contributed by atoms with E-state index in [2.05, 4.69) is 40.2 Å². The van der Waals surface area contributed by atoms with Crippen LogP contribution in [0.3, 0.4) is 0 Å². The molecule has 0 radical (unpaired) electrons. The second-order valence-electron chi connectivity index (χ2n) is 7.92. The van der Waals surface area contributed by atoms with Crippen LogP contribution in [0.2, 0.25) is 0 Å². The molecular weight excluding hydrogens is 392 g/mol. The molecule has 1 aromatic heterocycles. The highest BCUT2D eigenvalue weighted by molar-refractivity contribution is 5.78. The largest absolute Gasteiger partial charge is 0.462 e. The summed E-state index contributed by atoms with van der Waals surface area (Å²) in [4.78, 5) is 11.7. The van der Waals surface area contributed by atoms with Gasteiger partial charge in [0.2, 0.25) is 5.88 Å². The number of amidine groups is 1. The number of benzene rings is 2. The molecule has 1 atom stereocenters. The third-order valence-electron chi connectivity index (χ3n) is 6.13. The van der Waals surface area contributed by atoms with Crippen molar-refractivity contribution in [2.24, 2.45) is 10.7 Å². The monoisotopic (exact) mass is 414 g/mol. The lowest BCUT2D eigenvalue weighted by Crippen LogP contribution is -2.37. The lowest BCUT2D eigenvalue weighted by molar-refractivity contribution is 0.122. The summed E-state index contributed by atoms with van der Waals surface area (Å²) in [6.45, 7) is 3.37. The number of aliphatic imine (C=N–C) groups is 1. The van der Waals surface area contributed by atoms with Gasteiger partial charge in [0.25, 0.3) is 6.02 Å². The first-order chi connectivity index (χ1) is 15.2. The van der Waals surface area contributed by atoms with E-state index >= 15 is 0 Å². The van der Waals surface area contributed by atoms with Crippen molar-refractivity contribution in [3.63, 3.8) is 0 Å². The molecule has 0 amide bonds. The normalized spacial score (nSPS) is 21.7. The highest BCUT2D eigenvalue weighted by Gasteiger charge is 2.48. The smallest absolute Gasteiger partial charge is 0.283 e.